The standard InChI is InChI=1S/C21H22Br2N2O5/c1-9-4-3-5-10(2)19(9)24-13(26)8-30-14(27)7-25-20(28)15-11-6-12(16(15)21(25)29)18(23)17(11)22/h3-5,11-12,15-18H,6-8H2,1-2H3,(H,24,26)/t11-,12-,15-,16-,17+,18+/m1/s1. The van der Waals surface area contributed by atoms with Crippen LogP contribution in [0.2, 0.25) is 0 Å². The van der Waals surface area contributed by atoms with E-state index in [9.17, 15) is 19.2 Å². The maximum atomic E-state index is 12.8. The third-order valence-electron chi connectivity index (χ3n) is 6.48. The molecule has 0 aromatic heterocycles. The van der Waals surface area contributed by atoms with Gasteiger partial charge in [0.1, 0.15) is 6.54 Å². The molecular weight excluding hydrogens is 520 g/mol. The van der Waals surface area contributed by atoms with Gasteiger partial charge in [-0.25, -0.2) is 0 Å². The van der Waals surface area contributed by atoms with Crippen molar-refractivity contribution in [1.29, 1.82) is 0 Å². The predicted octanol–water partition coefficient (Wildman–Crippen LogP) is 2.56. The summed E-state index contributed by atoms with van der Waals surface area (Å²) >= 11 is 7.26. The highest BCUT2D eigenvalue weighted by Crippen LogP contribution is 2.60. The van der Waals surface area contributed by atoms with E-state index in [0.717, 1.165) is 22.4 Å². The molecule has 30 heavy (non-hydrogen) atoms. The smallest absolute Gasteiger partial charge is 0.326 e. The summed E-state index contributed by atoms with van der Waals surface area (Å²) in [6, 6.07) is 5.64. The van der Waals surface area contributed by atoms with Gasteiger partial charge in [0.25, 0.3) is 5.91 Å². The number of esters is 1. The molecule has 1 aliphatic heterocycles. The third kappa shape index (κ3) is 3.49. The largest absolute Gasteiger partial charge is 0.454 e. The molecule has 2 bridgehead atoms. The minimum Gasteiger partial charge on any atom is -0.454 e. The quantitative estimate of drug-likeness (QED) is 0.351. The average Bonchev–Trinajstić information content (AvgIpc) is 3.30. The van der Waals surface area contributed by atoms with E-state index in [1.807, 2.05) is 32.0 Å². The van der Waals surface area contributed by atoms with Crippen molar-refractivity contribution in [3.05, 3.63) is 29.3 Å². The van der Waals surface area contributed by atoms with Crippen LogP contribution in [0.5, 0.6) is 0 Å². The fraction of sp³-hybridized carbons (Fsp3) is 0.524. The first-order valence-electron chi connectivity index (χ1n) is 9.85. The molecule has 0 unspecified atom stereocenters. The molecular formula is C21H22Br2N2O5. The summed E-state index contributed by atoms with van der Waals surface area (Å²) in [5.74, 6) is -2.43. The molecule has 3 fully saturated rings. The first kappa shape index (κ1) is 21.5. The monoisotopic (exact) mass is 540 g/mol. The highest BCUT2D eigenvalue weighted by molar-refractivity contribution is 9.12. The fourth-order valence-corrected chi connectivity index (χ4v) is 6.95. The maximum Gasteiger partial charge on any atom is 0.326 e. The number of hydrogen-bond donors (Lipinski definition) is 1. The number of imide groups is 1. The number of aryl methyl sites for hydroxylation is 2. The minimum absolute atomic E-state index is 0.0879. The molecule has 3 aliphatic rings. The second kappa shape index (κ2) is 8.07. The van der Waals surface area contributed by atoms with Crippen LogP contribution in [-0.4, -0.2) is 51.4 Å². The number of rotatable bonds is 5. The summed E-state index contributed by atoms with van der Waals surface area (Å²) < 4.78 is 5.03. The van der Waals surface area contributed by atoms with Crippen LogP contribution in [-0.2, 0) is 23.9 Å². The summed E-state index contributed by atoms with van der Waals surface area (Å²) in [5.41, 5.74) is 2.49. The van der Waals surface area contributed by atoms with E-state index in [1.54, 1.807) is 0 Å². The van der Waals surface area contributed by atoms with E-state index in [4.69, 9.17) is 4.74 Å². The van der Waals surface area contributed by atoms with Gasteiger partial charge in [0.15, 0.2) is 6.61 Å². The summed E-state index contributed by atoms with van der Waals surface area (Å²) in [5, 5.41) is 2.73. The number of hydrogen-bond acceptors (Lipinski definition) is 5. The lowest BCUT2D eigenvalue weighted by molar-refractivity contribution is -0.154. The number of amides is 3. The Balaban J connectivity index is 1.33. The fourth-order valence-electron chi connectivity index (χ4n) is 5.07. The second-order valence-corrected chi connectivity index (χ2v) is 10.4. The van der Waals surface area contributed by atoms with E-state index >= 15 is 0 Å². The van der Waals surface area contributed by atoms with Crippen molar-refractivity contribution >= 4 is 61.2 Å². The van der Waals surface area contributed by atoms with Crippen molar-refractivity contribution in [3.8, 4) is 0 Å². The summed E-state index contributed by atoms with van der Waals surface area (Å²) in [7, 11) is 0. The lowest BCUT2D eigenvalue weighted by Crippen LogP contribution is -2.38. The van der Waals surface area contributed by atoms with Crippen molar-refractivity contribution in [2.45, 2.75) is 29.9 Å². The van der Waals surface area contributed by atoms with Gasteiger partial charge < -0.3 is 10.1 Å². The molecule has 1 heterocycles. The van der Waals surface area contributed by atoms with Gasteiger partial charge in [0.2, 0.25) is 11.8 Å². The van der Waals surface area contributed by atoms with Crippen molar-refractivity contribution in [2.24, 2.45) is 23.7 Å². The third-order valence-corrected chi connectivity index (χ3v) is 9.68. The molecule has 6 atom stereocenters. The van der Waals surface area contributed by atoms with Gasteiger partial charge in [0.05, 0.1) is 11.8 Å². The first-order valence-corrected chi connectivity index (χ1v) is 11.7. The van der Waals surface area contributed by atoms with Gasteiger partial charge in [-0.3, -0.25) is 24.1 Å². The van der Waals surface area contributed by atoms with Gasteiger partial charge in [-0.2, -0.15) is 0 Å². The van der Waals surface area contributed by atoms with E-state index in [0.29, 0.717) is 5.69 Å². The van der Waals surface area contributed by atoms with E-state index < -0.39 is 25.0 Å². The minimum atomic E-state index is -0.772. The lowest BCUT2D eigenvalue weighted by atomic mass is 9.81. The van der Waals surface area contributed by atoms with Crippen molar-refractivity contribution in [3.63, 3.8) is 0 Å². The molecule has 9 heteroatoms. The van der Waals surface area contributed by atoms with Crippen LogP contribution in [0.1, 0.15) is 17.5 Å². The predicted molar refractivity (Wildman–Crippen MR) is 116 cm³/mol. The Morgan fingerprint density at radius 2 is 1.60 bits per heavy atom. The number of nitrogens with zero attached hydrogens (tertiary/aromatic N) is 1. The number of likely N-dealkylation sites (tertiary alicyclic amines) is 1. The number of anilines is 1. The molecule has 2 saturated carbocycles. The first-order chi connectivity index (χ1) is 14.2. The van der Waals surface area contributed by atoms with Crippen LogP contribution in [0.4, 0.5) is 5.69 Å². The van der Waals surface area contributed by atoms with Gasteiger partial charge in [-0.15, -0.1) is 0 Å². The molecule has 1 aromatic carbocycles. The molecule has 2 aliphatic carbocycles. The Hall–Kier alpha value is -1.74. The normalized spacial score (nSPS) is 31.8. The van der Waals surface area contributed by atoms with Crippen LogP contribution in [0.25, 0.3) is 0 Å². The number of nitrogens with one attached hydrogen (secondary N) is 1. The number of fused-ring (bicyclic) bond motifs is 5. The van der Waals surface area contributed by atoms with E-state index in [2.05, 4.69) is 37.2 Å². The second-order valence-electron chi connectivity index (χ2n) is 8.24. The average molecular weight is 542 g/mol. The number of benzene rings is 1. The van der Waals surface area contributed by atoms with Crippen molar-refractivity contribution < 1.29 is 23.9 Å². The molecule has 0 radical (unpaired) electrons. The molecule has 1 aromatic rings. The van der Waals surface area contributed by atoms with Crippen LogP contribution in [0.3, 0.4) is 0 Å². The number of carbonyl (C=O) groups is 4. The topological polar surface area (TPSA) is 92.8 Å². The molecule has 7 nitrogen and oxygen atoms in total. The Morgan fingerprint density at radius 1 is 1.07 bits per heavy atom. The van der Waals surface area contributed by atoms with Crippen molar-refractivity contribution in [2.75, 3.05) is 18.5 Å². The number of ether oxygens (including phenoxy) is 1. The zero-order valence-corrected chi connectivity index (χ0v) is 19.7. The van der Waals surface area contributed by atoms with Gasteiger partial charge >= 0.3 is 5.97 Å². The zero-order valence-electron chi connectivity index (χ0n) is 16.6. The Bertz CT molecular complexity index is 884. The number of alkyl halides is 2. The van der Waals surface area contributed by atoms with E-state index in [-0.39, 0.29) is 45.1 Å². The molecule has 1 saturated heterocycles. The maximum absolute atomic E-state index is 12.8. The Kier molecular flexibility index (Phi) is 5.78. The van der Waals surface area contributed by atoms with Crippen LogP contribution < -0.4 is 5.32 Å². The van der Waals surface area contributed by atoms with Gasteiger partial charge in [0, 0.05) is 15.3 Å². The number of halogens is 2. The van der Waals surface area contributed by atoms with Gasteiger partial charge in [-0.05, 0) is 43.2 Å². The molecule has 3 amide bonds. The zero-order chi connectivity index (χ0) is 21.7. The highest BCUT2D eigenvalue weighted by Gasteiger charge is 2.66. The SMILES string of the molecule is Cc1cccc(C)c1NC(=O)COC(=O)CN1C(=O)[C@@H]2[C@H]3C[C@@H]([C@H](Br)[C@H]3Br)[C@H]2C1=O. The molecule has 1 N–H and O–H groups in total. The lowest BCUT2D eigenvalue weighted by Gasteiger charge is -2.28. The van der Waals surface area contributed by atoms with Gasteiger partial charge in [-0.1, -0.05) is 50.1 Å². The summed E-state index contributed by atoms with van der Waals surface area (Å²) in [6.45, 7) is 2.81. The van der Waals surface area contributed by atoms with Crippen LogP contribution in [0.15, 0.2) is 18.2 Å². The van der Waals surface area contributed by atoms with E-state index in [1.165, 1.54) is 0 Å². The Labute approximate surface area is 191 Å². The highest BCUT2D eigenvalue weighted by atomic mass is 79.9. The molecule has 4 rings (SSSR count). The molecule has 160 valence electrons. The van der Waals surface area contributed by atoms with Crippen molar-refractivity contribution in [1.82, 2.24) is 4.90 Å². The summed E-state index contributed by atoms with van der Waals surface area (Å²) in [6.07, 6.45) is 0.829. The van der Waals surface area contributed by atoms with Crippen LogP contribution in [0, 0.1) is 37.5 Å². The molecule has 0 spiro atoms. The Morgan fingerprint density at radius 3 is 2.13 bits per heavy atom. The summed E-state index contributed by atoms with van der Waals surface area (Å²) in [4.78, 5) is 51.3. The van der Waals surface area contributed by atoms with Crippen LogP contribution >= 0.6 is 31.9 Å². The number of carbonyl (C=O) groups excluding carboxylic acids is 4. The number of para-hydroxylation sites is 1.